The Bertz CT molecular complexity index is 1350. The minimum absolute atomic E-state index is 0.0317. The highest BCUT2D eigenvalue weighted by molar-refractivity contribution is 7.89. The number of sulfonamides is 1. The lowest BCUT2D eigenvalue weighted by atomic mass is 10.00. The maximum Gasteiger partial charge on any atom is 0.213 e. The summed E-state index contributed by atoms with van der Waals surface area (Å²) in [5.74, 6) is 0.745. The molecule has 4 rings (SSSR count). The van der Waals surface area contributed by atoms with Crippen LogP contribution in [0, 0.1) is 0 Å². The van der Waals surface area contributed by atoms with E-state index in [0.29, 0.717) is 6.54 Å². The molecule has 0 aliphatic carbocycles. The van der Waals surface area contributed by atoms with Gasteiger partial charge in [0.1, 0.15) is 5.75 Å². The van der Waals surface area contributed by atoms with Crippen molar-refractivity contribution < 1.29 is 13.2 Å². The van der Waals surface area contributed by atoms with Crippen molar-refractivity contribution in [2.24, 2.45) is 0 Å². The van der Waals surface area contributed by atoms with Crippen LogP contribution in [0.3, 0.4) is 0 Å². The number of methoxy groups -OCH3 is 1. The van der Waals surface area contributed by atoms with Gasteiger partial charge >= 0.3 is 0 Å². The van der Waals surface area contributed by atoms with Crippen LogP contribution < -0.4 is 14.8 Å². The van der Waals surface area contributed by atoms with Gasteiger partial charge in [-0.2, -0.15) is 5.10 Å². The molecular formula is C25H27N5O3S. The van der Waals surface area contributed by atoms with Crippen molar-refractivity contribution in [3.63, 3.8) is 0 Å². The zero-order valence-corrected chi connectivity index (χ0v) is 19.9. The maximum absolute atomic E-state index is 11.8. The summed E-state index contributed by atoms with van der Waals surface area (Å²) in [7, 11) is -0.249. The van der Waals surface area contributed by atoms with Gasteiger partial charge in [0.2, 0.25) is 10.0 Å². The summed E-state index contributed by atoms with van der Waals surface area (Å²) in [6.45, 7) is 0.873. The van der Waals surface area contributed by atoms with Crippen LogP contribution in [0.4, 0.5) is 5.69 Å². The third-order valence-corrected chi connectivity index (χ3v) is 6.77. The quantitative estimate of drug-likeness (QED) is 0.362. The van der Waals surface area contributed by atoms with Crippen molar-refractivity contribution in [2.75, 3.05) is 31.8 Å². The number of nitrogens with one attached hydrogen (secondary N) is 2. The monoisotopic (exact) mass is 477 g/mol. The van der Waals surface area contributed by atoms with Gasteiger partial charge in [-0.3, -0.25) is 9.67 Å². The number of rotatable bonds is 10. The van der Waals surface area contributed by atoms with Gasteiger partial charge in [0.05, 0.1) is 25.1 Å². The molecule has 34 heavy (non-hydrogen) atoms. The van der Waals surface area contributed by atoms with E-state index < -0.39 is 10.0 Å². The standard InChI is InChI=1S/C25H27N5O3S/c1-26-34(31,32)14-12-28-24-9-8-21(20-6-3-7-22(15-20)33-2)16-23(24)25-10-13-30(29-25)18-19-5-4-11-27-17-19/h3-11,13,15-17,26,28H,12,14,18H2,1-2H3. The van der Waals surface area contributed by atoms with Gasteiger partial charge in [-0.05, 0) is 60.1 Å². The van der Waals surface area contributed by atoms with Crippen LogP contribution in [0.5, 0.6) is 5.75 Å². The van der Waals surface area contributed by atoms with Crippen LogP contribution in [0.1, 0.15) is 5.56 Å². The molecule has 8 nitrogen and oxygen atoms in total. The minimum Gasteiger partial charge on any atom is -0.497 e. The zero-order chi connectivity index (χ0) is 24.0. The van der Waals surface area contributed by atoms with E-state index in [0.717, 1.165) is 39.4 Å². The molecule has 0 amide bonds. The molecule has 2 N–H and O–H groups in total. The summed E-state index contributed by atoms with van der Waals surface area (Å²) in [5.41, 5.74) is 5.55. The summed E-state index contributed by atoms with van der Waals surface area (Å²) in [6, 6.07) is 19.7. The number of hydrogen-bond acceptors (Lipinski definition) is 6. The second kappa shape index (κ2) is 10.5. The van der Waals surface area contributed by atoms with Crippen LogP contribution in [-0.4, -0.2) is 49.6 Å². The van der Waals surface area contributed by atoms with E-state index in [-0.39, 0.29) is 12.3 Å². The Hall–Kier alpha value is -3.69. The fourth-order valence-electron chi connectivity index (χ4n) is 3.59. The van der Waals surface area contributed by atoms with Crippen molar-refractivity contribution in [3.05, 3.63) is 84.8 Å². The Balaban J connectivity index is 1.66. The van der Waals surface area contributed by atoms with Gasteiger partial charge in [-0.1, -0.05) is 24.3 Å². The predicted octanol–water partition coefficient (Wildman–Crippen LogP) is 3.63. The third-order valence-electron chi connectivity index (χ3n) is 5.40. The molecular weight excluding hydrogens is 450 g/mol. The van der Waals surface area contributed by atoms with Crippen LogP contribution in [0.25, 0.3) is 22.4 Å². The summed E-state index contributed by atoms with van der Waals surface area (Å²) in [4.78, 5) is 4.16. The van der Waals surface area contributed by atoms with E-state index in [2.05, 4.69) is 21.1 Å². The summed E-state index contributed by atoms with van der Waals surface area (Å²) in [6.07, 6.45) is 5.49. The Labute approximate surface area is 199 Å². The highest BCUT2D eigenvalue weighted by atomic mass is 32.2. The van der Waals surface area contributed by atoms with E-state index >= 15 is 0 Å². The first-order chi connectivity index (χ1) is 16.5. The van der Waals surface area contributed by atoms with E-state index in [4.69, 9.17) is 9.84 Å². The molecule has 0 bridgehead atoms. The van der Waals surface area contributed by atoms with Crippen LogP contribution in [-0.2, 0) is 16.6 Å². The molecule has 0 aliphatic heterocycles. The van der Waals surface area contributed by atoms with Gasteiger partial charge in [-0.15, -0.1) is 0 Å². The SMILES string of the molecule is CNS(=O)(=O)CCNc1ccc(-c2cccc(OC)c2)cc1-c1ccn(Cc2cccnc2)n1. The molecule has 0 saturated carbocycles. The Morgan fingerprint density at radius 1 is 1.03 bits per heavy atom. The lowest BCUT2D eigenvalue weighted by Gasteiger charge is -2.14. The fraction of sp³-hybridized carbons (Fsp3) is 0.200. The zero-order valence-electron chi connectivity index (χ0n) is 19.1. The smallest absolute Gasteiger partial charge is 0.213 e. The van der Waals surface area contributed by atoms with Gasteiger partial charge in [-0.25, -0.2) is 13.1 Å². The first kappa shape index (κ1) is 23.5. The number of benzene rings is 2. The van der Waals surface area contributed by atoms with E-state index in [1.165, 1.54) is 7.05 Å². The molecule has 0 radical (unpaired) electrons. The number of pyridine rings is 1. The van der Waals surface area contributed by atoms with Crippen molar-refractivity contribution in [1.82, 2.24) is 19.5 Å². The molecule has 0 spiro atoms. The fourth-order valence-corrected chi connectivity index (χ4v) is 4.16. The topological polar surface area (TPSA) is 98.1 Å². The number of anilines is 1. The molecule has 9 heteroatoms. The van der Waals surface area contributed by atoms with Gasteiger partial charge in [0.25, 0.3) is 0 Å². The van der Waals surface area contributed by atoms with Gasteiger partial charge in [0, 0.05) is 36.4 Å². The Kier molecular flexibility index (Phi) is 7.24. The molecule has 176 valence electrons. The number of aromatic nitrogens is 3. The number of nitrogens with zero attached hydrogens (tertiary/aromatic N) is 3. The largest absolute Gasteiger partial charge is 0.497 e. The number of ether oxygens (including phenoxy) is 1. The normalized spacial score (nSPS) is 11.4. The second-order valence-electron chi connectivity index (χ2n) is 7.70. The summed E-state index contributed by atoms with van der Waals surface area (Å²) < 4.78 is 33.3. The minimum atomic E-state index is -3.31. The van der Waals surface area contributed by atoms with Crippen molar-refractivity contribution >= 4 is 15.7 Å². The van der Waals surface area contributed by atoms with Crippen LogP contribution in [0.15, 0.2) is 79.3 Å². The van der Waals surface area contributed by atoms with Gasteiger partial charge < -0.3 is 10.1 Å². The van der Waals surface area contributed by atoms with Crippen LogP contribution in [0.2, 0.25) is 0 Å². The molecule has 2 heterocycles. The first-order valence-corrected chi connectivity index (χ1v) is 12.5. The van der Waals surface area contributed by atoms with E-state index in [1.807, 2.05) is 71.7 Å². The van der Waals surface area contributed by atoms with E-state index in [1.54, 1.807) is 13.3 Å². The molecule has 0 fully saturated rings. The first-order valence-electron chi connectivity index (χ1n) is 10.8. The molecule has 0 atom stereocenters. The number of hydrogen-bond donors (Lipinski definition) is 2. The van der Waals surface area contributed by atoms with Gasteiger partial charge in [0.15, 0.2) is 0 Å². The van der Waals surface area contributed by atoms with Crippen molar-refractivity contribution in [3.8, 4) is 28.1 Å². The van der Waals surface area contributed by atoms with Crippen LogP contribution >= 0.6 is 0 Å². The highest BCUT2D eigenvalue weighted by Gasteiger charge is 2.13. The highest BCUT2D eigenvalue weighted by Crippen LogP contribution is 2.33. The van der Waals surface area contributed by atoms with Crippen molar-refractivity contribution in [1.29, 1.82) is 0 Å². The third kappa shape index (κ3) is 5.81. The van der Waals surface area contributed by atoms with Crippen molar-refractivity contribution in [2.45, 2.75) is 6.54 Å². The average Bonchev–Trinajstić information content (AvgIpc) is 3.33. The second-order valence-corrected chi connectivity index (χ2v) is 9.75. The average molecular weight is 478 g/mol. The molecule has 4 aromatic rings. The maximum atomic E-state index is 11.8. The molecule has 0 aliphatic rings. The van der Waals surface area contributed by atoms with E-state index in [9.17, 15) is 8.42 Å². The molecule has 0 saturated heterocycles. The molecule has 0 unspecified atom stereocenters. The summed E-state index contributed by atoms with van der Waals surface area (Å²) >= 11 is 0. The summed E-state index contributed by atoms with van der Waals surface area (Å²) in [5, 5.41) is 8.03. The molecule has 2 aromatic heterocycles. The lowest BCUT2D eigenvalue weighted by molar-refractivity contribution is 0.415. The lowest BCUT2D eigenvalue weighted by Crippen LogP contribution is -2.26. The molecule has 2 aromatic carbocycles. The predicted molar refractivity (Wildman–Crippen MR) is 134 cm³/mol. The Morgan fingerprint density at radius 3 is 2.65 bits per heavy atom. The Morgan fingerprint density at radius 2 is 1.88 bits per heavy atom.